The molecule has 1 aromatic rings. The molecule has 0 amide bonds. The van der Waals surface area contributed by atoms with E-state index in [4.69, 9.17) is 16.2 Å². The van der Waals surface area contributed by atoms with Crippen LogP contribution in [0.1, 0.15) is 25.3 Å². The number of nitrogens with zero attached hydrogens (tertiary/aromatic N) is 2. The number of hydrogen-bond acceptors (Lipinski definition) is 7. The number of non-ortho nitro benzene ring substituents is 1. The Hall–Kier alpha value is -2.61. The maximum atomic E-state index is 11.0. The lowest BCUT2D eigenvalue weighted by Crippen LogP contribution is -2.51. The van der Waals surface area contributed by atoms with E-state index in [2.05, 4.69) is 10.3 Å². The second-order valence-corrected chi connectivity index (χ2v) is 4.99. The van der Waals surface area contributed by atoms with E-state index in [9.17, 15) is 10.1 Å². The van der Waals surface area contributed by atoms with Crippen molar-refractivity contribution in [2.75, 3.05) is 7.11 Å². The third-order valence-electron chi connectivity index (χ3n) is 3.30. The Labute approximate surface area is 128 Å². The molecule has 0 radical (unpaired) electrons. The molecule has 0 aliphatic carbocycles. The molecule has 118 valence electrons. The lowest BCUT2D eigenvalue weighted by molar-refractivity contribution is -0.385. The molecule has 5 N–H and O–H groups in total. The average molecular weight is 305 g/mol. The van der Waals surface area contributed by atoms with Crippen LogP contribution < -0.4 is 21.5 Å². The summed E-state index contributed by atoms with van der Waals surface area (Å²) >= 11 is 0. The van der Waals surface area contributed by atoms with Crippen molar-refractivity contribution in [3.05, 3.63) is 45.6 Å². The van der Waals surface area contributed by atoms with Crippen LogP contribution in [0.25, 0.3) is 0 Å². The van der Waals surface area contributed by atoms with E-state index in [1.54, 1.807) is 6.08 Å². The summed E-state index contributed by atoms with van der Waals surface area (Å²) in [6, 6.07) is 4.19. The highest BCUT2D eigenvalue weighted by atomic mass is 16.6. The summed E-state index contributed by atoms with van der Waals surface area (Å²) in [6.45, 7) is 2.02. The fourth-order valence-corrected chi connectivity index (χ4v) is 2.36. The molecule has 1 unspecified atom stereocenters. The number of methoxy groups -OCH3 is 1. The third kappa shape index (κ3) is 3.01. The molecule has 22 heavy (non-hydrogen) atoms. The summed E-state index contributed by atoms with van der Waals surface area (Å²) < 4.78 is 5.26. The molecular weight excluding hydrogens is 286 g/mol. The van der Waals surface area contributed by atoms with Crippen molar-refractivity contribution in [2.45, 2.75) is 25.6 Å². The van der Waals surface area contributed by atoms with Crippen LogP contribution in [0.5, 0.6) is 5.75 Å². The van der Waals surface area contributed by atoms with Gasteiger partial charge in [0.05, 0.1) is 17.6 Å². The van der Waals surface area contributed by atoms with E-state index in [0.717, 1.165) is 18.5 Å². The van der Waals surface area contributed by atoms with Crippen LogP contribution in [0.15, 0.2) is 35.0 Å². The first-order valence-electron chi connectivity index (χ1n) is 6.85. The van der Waals surface area contributed by atoms with Gasteiger partial charge in [-0.2, -0.15) is 0 Å². The minimum Gasteiger partial charge on any atom is -0.496 e. The second-order valence-electron chi connectivity index (χ2n) is 4.99. The lowest BCUT2D eigenvalue weighted by Gasteiger charge is -2.33. The van der Waals surface area contributed by atoms with E-state index in [-0.39, 0.29) is 11.5 Å². The zero-order chi connectivity index (χ0) is 16.3. The molecule has 0 saturated carbocycles. The van der Waals surface area contributed by atoms with E-state index < -0.39 is 10.7 Å². The van der Waals surface area contributed by atoms with Gasteiger partial charge < -0.3 is 15.8 Å². The van der Waals surface area contributed by atoms with E-state index in [1.807, 2.05) is 6.92 Å². The molecule has 0 bridgehead atoms. The van der Waals surface area contributed by atoms with Gasteiger partial charge in [-0.15, -0.1) is 0 Å². The van der Waals surface area contributed by atoms with Crippen LogP contribution in [-0.2, 0) is 5.79 Å². The number of amidine groups is 1. The number of ether oxygens (including phenoxy) is 1. The van der Waals surface area contributed by atoms with E-state index in [0.29, 0.717) is 11.3 Å². The minimum absolute atomic E-state index is 0.0946. The molecular formula is C14H19N5O3. The summed E-state index contributed by atoms with van der Waals surface area (Å²) in [5, 5.41) is 14.1. The van der Waals surface area contributed by atoms with Crippen LogP contribution in [0.4, 0.5) is 5.69 Å². The average Bonchev–Trinajstić information content (AvgIpc) is 2.45. The van der Waals surface area contributed by atoms with Gasteiger partial charge in [-0.3, -0.25) is 15.8 Å². The summed E-state index contributed by atoms with van der Waals surface area (Å²) in [6.07, 6.45) is 3.35. The predicted molar refractivity (Wildman–Crippen MR) is 83.3 cm³/mol. The number of allylic oxidation sites excluding steroid dienone is 1. The van der Waals surface area contributed by atoms with Gasteiger partial charge in [-0.25, -0.2) is 4.99 Å². The summed E-state index contributed by atoms with van der Waals surface area (Å²) in [5.41, 5.74) is 13.2. The fourth-order valence-electron chi connectivity index (χ4n) is 2.36. The summed E-state index contributed by atoms with van der Waals surface area (Å²) in [5.74, 6) is -0.742. The number of nitro benzene ring substituents is 1. The Morgan fingerprint density at radius 2 is 2.23 bits per heavy atom. The van der Waals surface area contributed by atoms with Crippen molar-refractivity contribution in [2.24, 2.45) is 16.5 Å². The van der Waals surface area contributed by atoms with Gasteiger partial charge in [-0.1, -0.05) is 13.3 Å². The number of benzene rings is 1. The monoisotopic (exact) mass is 305 g/mol. The normalized spacial score (nSPS) is 20.7. The number of nitrogens with one attached hydrogen (secondary N) is 1. The Morgan fingerprint density at radius 3 is 2.82 bits per heavy atom. The van der Waals surface area contributed by atoms with Gasteiger partial charge in [0.1, 0.15) is 11.6 Å². The zero-order valence-corrected chi connectivity index (χ0v) is 12.5. The van der Waals surface area contributed by atoms with Gasteiger partial charge >= 0.3 is 0 Å². The number of hydrogen-bond donors (Lipinski definition) is 3. The molecule has 1 heterocycles. The van der Waals surface area contributed by atoms with Gasteiger partial charge in [-0.05, 0) is 18.6 Å². The molecule has 0 spiro atoms. The highest BCUT2D eigenvalue weighted by Gasteiger charge is 2.34. The maximum Gasteiger partial charge on any atom is 0.270 e. The fraction of sp³-hybridized carbons (Fsp3) is 0.357. The van der Waals surface area contributed by atoms with Crippen LogP contribution in [0.3, 0.4) is 0 Å². The van der Waals surface area contributed by atoms with Gasteiger partial charge in [0, 0.05) is 17.8 Å². The number of nitrogens with two attached hydrogens (primary N) is 2. The lowest BCUT2D eigenvalue weighted by atomic mass is 10.0. The van der Waals surface area contributed by atoms with Crippen LogP contribution >= 0.6 is 0 Å². The molecule has 8 nitrogen and oxygen atoms in total. The first-order valence-corrected chi connectivity index (χ1v) is 6.85. The Balaban J connectivity index is 2.52. The van der Waals surface area contributed by atoms with Crippen LogP contribution in [0, 0.1) is 10.1 Å². The van der Waals surface area contributed by atoms with Crippen molar-refractivity contribution < 1.29 is 9.66 Å². The Bertz CT molecular complexity index is 656. The highest BCUT2D eigenvalue weighted by Crippen LogP contribution is 2.33. The van der Waals surface area contributed by atoms with E-state index >= 15 is 0 Å². The minimum atomic E-state index is -1.40. The van der Waals surface area contributed by atoms with E-state index in [1.165, 1.54) is 25.3 Å². The van der Waals surface area contributed by atoms with Crippen LogP contribution in [-0.4, -0.2) is 17.9 Å². The Morgan fingerprint density at radius 1 is 1.50 bits per heavy atom. The molecule has 0 saturated heterocycles. The Kier molecular flexibility index (Phi) is 4.32. The van der Waals surface area contributed by atoms with Crippen molar-refractivity contribution in [1.82, 2.24) is 5.32 Å². The SMILES string of the molecule is CCCC1=CC(N)=NC(N)(c2cc([N+](=O)[O-])ccc2OC)N1. The van der Waals surface area contributed by atoms with Gasteiger partial charge in [0.25, 0.3) is 5.69 Å². The third-order valence-corrected chi connectivity index (χ3v) is 3.30. The predicted octanol–water partition coefficient (Wildman–Crippen LogP) is 1.32. The number of nitro groups is 1. The standard InChI is InChI=1S/C14H19N5O3/c1-3-4-9-7-13(15)18-14(16,17-9)11-8-10(19(20)21)5-6-12(11)22-2/h5-8,17H,3-4,16H2,1-2H3,(H2,15,18). The van der Waals surface area contributed by atoms with Crippen molar-refractivity contribution in [3.63, 3.8) is 0 Å². The zero-order valence-electron chi connectivity index (χ0n) is 12.5. The number of aliphatic imine (C=N–C) groups is 1. The van der Waals surface area contributed by atoms with Gasteiger partial charge in [0.15, 0.2) is 0 Å². The molecule has 1 aromatic carbocycles. The molecule has 0 fully saturated rings. The summed E-state index contributed by atoms with van der Waals surface area (Å²) in [4.78, 5) is 14.7. The maximum absolute atomic E-state index is 11.0. The second kappa shape index (κ2) is 6.02. The smallest absolute Gasteiger partial charge is 0.270 e. The molecule has 1 aliphatic rings. The van der Waals surface area contributed by atoms with Gasteiger partial charge in [0.2, 0.25) is 5.79 Å². The largest absolute Gasteiger partial charge is 0.496 e. The van der Waals surface area contributed by atoms with Crippen LogP contribution in [0.2, 0.25) is 0 Å². The molecule has 8 heteroatoms. The van der Waals surface area contributed by atoms with Crippen molar-refractivity contribution in [3.8, 4) is 5.75 Å². The molecule has 1 atom stereocenters. The number of rotatable bonds is 5. The first kappa shape index (κ1) is 15.8. The molecule has 1 aliphatic heterocycles. The van der Waals surface area contributed by atoms with Crippen molar-refractivity contribution >= 4 is 11.5 Å². The van der Waals surface area contributed by atoms with Crippen molar-refractivity contribution in [1.29, 1.82) is 0 Å². The quantitative estimate of drug-likeness (QED) is 0.555. The molecule has 2 rings (SSSR count). The molecule has 0 aromatic heterocycles. The highest BCUT2D eigenvalue weighted by molar-refractivity contribution is 5.93. The first-order chi connectivity index (χ1) is 10.4. The summed E-state index contributed by atoms with van der Waals surface area (Å²) in [7, 11) is 1.46. The topological polar surface area (TPSA) is 129 Å².